The second-order valence-electron chi connectivity index (χ2n) is 5.82. The van der Waals surface area contributed by atoms with Crippen LogP contribution in [0.4, 0.5) is 0 Å². The number of hydrogen-bond acceptors (Lipinski definition) is 4. The zero-order chi connectivity index (χ0) is 15.2. The molecule has 5 heteroatoms. The van der Waals surface area contributed by atoms with Crippen LogP contribution >= 0.6 is 0 Å². The predicted molar refractivity (Wildman–Crippen MR) is 83.8 cm³/mol. The van der Waals surface area contributed by atoms with E-state index in [-0.39, 0.29) is 11.9 Å². The number of likely N-dealkylation sites (N-methyl/N-ethyl adjacent to an activating group) is 2. The minimum Gasteiger partial charge on any atom is -0.358 e. The van der Waals surface area contributed by atoms with Crippen LogP contribution in [0.25, 0.3) is 0 Å². The van der Waals surface area contributed by atoms with Gasteiger partial charge in [-0.15, -0.1) is 0 Å². The SMILES string of the molecule is CNC(=O)C(C)N(C)C1CCN(Cc2cccnc2)CC1. The van der Waals surface area contributed by atoms with Crippen molar-refractivity contribution in [3.63, 3.8) is 0 Å². The molecule has 5 nitrogen and oxygen atoms in total. The highest BCUT2D eigenvalue weighted by Gasteiger charge is 2.27. The molecular weight excluding hydrogens is 264 g/mol. The van der Waals surface area contributed by atoms with Crippen LogP contribution in [0.15, 0.2) is 24.5 Å². The third-order valence-corrected chi connectivity index (χ3v) is 4.50. The number of rotatable bonds is 5. The van der Waals surface area contributed by atoms with Gasteiger partial charge in [-0.1, -0.05) is 6.07 Å². The molecule has 1 N–H and O–H groups in total. The number of nitrogens with zero attached hydrogens (tertiary/aromatic N) is 3. The van der Waals surface area contributed by atoms with Crippen LogP contribution in [0.1, 0.15) is 25.3 Å². The second-order valence-corrected chi connectivity index (χ2v) is 5.82. The molecule has 1 saturated heterocycles. The number of aromatic nitrogens is 1. The summed E-state index contributed by atoms with van der Waals surface area (Å²) in [6.07, 6.45) is 5.97. The predicted octanol–water partition coefficient (Wildman–Crippen LogP) is 1.11. The maximum Gasteiger partial charge on any atom is 0.236 e. The van der Waals surface area contributed by atoms with Crippen molar-refractivity contribution in [2.45, 2.75) is 38.4 Å². The topological polar surface area (TPSA) is 48.5 Å². The molecule has 1 aromatic rings. The van der Waals surface area contributed by atoms with Crippen LogP contribution in [0, 0.1) is 0 Å². The fraction of sp³-hybridized carbons (Fsp3) is 0.625. The first-order valence-corrected chi connectivity index (χ1v) is 7.66. The first-order valence-electron chi connectivity index (χ1n) is 7.66. The standard InChI is InChI=1S/C16H26N4O/c1-13(16(21)17-2)19(3)15-6-9-20(10-7-15)12-14-5-4-8-18-11-14/h4-5,8,11,13,15H,6-7,9-10,12H2,1-3H3,(H,17,21). The quantitative estimate of drug-likeness (QED) is 0.882. The second kappa shape index (κ2) is 7.52. The largest absolute Gasteiger partial charge is 0.358 e. The maximum atomic E-state index is 11.7. The van der Waals surface area contributed by atoms with Crippen molar-refractivity contribution in [1.82, 2.24) is 20.1 Å². The number of pyridine rings is 1. The molecule has 21 heavy (non-hydrogen) atoms. The van der Waals surface area contributed by atoms with Crippen LogP contribution in [0.2, 0.25) is 0 Å². The Morgan fingerprint density at radius 3 is 2.81 bits per heavy atom. The van der Waals surface area contributed by atoms with Gasteiger partial charge in [0.15, 0.2) is 0 Å². The summed E-state index contributed by atoms with van der Waals surface area (Å²) in [5.74, 6) is 0.0929. The summed E-state index contributed by atoms with van der Waals surface area (Å²) in [6, 6.07) is 4.53. The summed E-state index contributed by atoms with van der Waals surface area (Å²) < 4.78 is 0. The number of nitrogens with one attached hydrogen (secondary N) is 1. The smallest absolute Gasteiger partial charge is 0.236 e. The van der Waals surface area contributed by atoms with Crippen LogP contribution in [-0.2, 0) is 11.3 Å². The van der Waals surface area contributed by atoms with E-state index >= 15 is 0 Å². The number of likely N-dealkylation sites (tertiary alicyclic amines) is 1. The highest BCUT2D eigenvalue weighted by atomic mass is 16.2. The molecule has 2 rings (SSSR count). The highest BCUT2D eigenvalue weighted by Crippen LogP contribution is 2.19. The minimum absolute atomic E-state index is 0.0649. The van der Waals surface area contributed by atoms with E-state index < -0.39 is 0 Å². The number of carbonyl (C=O) groups excluding carboxylic acids is 1. The van der Waals surface area contributed by atoms with Crippen molar-refractivity contribution < 1.29 is 4.79 Å². The molecule has 0 spiro atoms. The number of piperidine rings is 1. The molecule has 1 aromatic heterocycles. The molecule has 0 saturated carbocycles. The summed E-state index contributed by atoms with van der Waals surface area (Å²) in [5.41, 5.74) is 1.27. The lowest BCUT2D eigenvalue weighted by molar-refractivity contribution is -0.126. The Morgan fingerprint density at radius 1 is 1.52 bits per heavy atom. The van der Waals surface area contributed by atoms with E-state index in [4.69, 9.17) is 0 Å². The van der Waals surface area contributed by atoms with Gasteiger partial charge in [-0.2, -0.15) is 0 Å². The van der Waals surface area contributed by atoms with Gasteiger partial charge in [0.2, 0.25) is 5.91 Å². The summed E-state index contributed by atoms with van der Waals surface area (Å²) >= 11 is 0. The Bertz CT molecular complexity index is 443. The lowest BCUT2D eigenvalue weighted by Gasteiger charge is -2.38. The fourth-order valence-corrected chi connectivity index (χ4v) is 2.94. The van der Waals surface area contributed by atoms with Crippen molar-refractivity contribution in [3.8, 4) is 0 Å². The third-order valence-electron chi connectivity index (χ3n) is 4.50. The fourth-order valence-electron chi connectivity index (χ4n) is 2.94. The summed E-state index contributed by atoms with van der Waals surface area (Å²) in [7, 11) is 3.75. The van der Waals surface area contributed by atoms with Crippen LogP contribution in [0.5, 0.6) is 0 Å². The Hall–Kier alpha value is -1.46. The average Bonchev–Trinajstić information content (AvgIpc) is 2.54. The normalized spacial score (nSPS) is 18.7. The van der Waals surface area contributed by atoms with Gasteiger partial charge in [0.1, 0.15) is 0 Å². The van der Waals surface area contributed by atoms with E-state index in [0.717, 1.165) is 32.5 Å². The van der Waals surface area contributed by atoms with Crippen LogP contribution in [0.3, 0.4) is 0 Å². The molecule has 1 unspecified atom stereocenters. The van der Waals surface area contributed by atoms with Gasteiger partial charge in [-0.05, 0) is 51.5 Å². The van der Waals surface area contributed by atoms with Crippen molar-refractivity contribution in [2.75, 3.05) is 27.2 Å². The summed E-state index contributed by atoms with van der Waals surface area (Å²) in [6.45, 7) is 5.09. The van der Waals surface area contributed by atoms with E-state index in [0.29, 0.717) is 6.04 Å². The molecule has 1 aliphatic heterocycles. The van der Waals surface area contributed by atoms with Crippen LogP contribution < -0.4 is 5.32 Å². The van der Waals surface area contributed by atoms with E-state index in [9.17, 15) is 4.79 Å². The van der Waals surface area contributed by atoms with Crippen LogP contribution in [-0.4, -0.2) is 60.0 Å². The van der Waals surface area contributed by atoms with Gasteiger partial charge in [0.25, 0.3) is 0 Å². The lowest BCUT2D eigenvalue weighted by atomic mass is 10.0. The molecule has 0 bridgehead atoms. The van der Waals surface area contributed by atoms with Gasteiger partial charge in [-0.25, -0.2) is 0 Å². The Morgan fingerprint density at radius 2 is 2.24 bits per heavy atom. The monoisotopic (exact) mass is 290 g/mol. The Labute approximate surface area is 127 Å². The molecule has 1 aliphatic rings. The van der Waals surface area contributed by atoms with E-state index in [1.54, 1.807) is 7.05 Å². The van der Waals surface area contributed by atoms with Crippen molar-refractivity contribution >= 4 is 5.91 Å². The number of hydrogen-bond donors (Lipinski definition) is 1. The van der Waals surface area contributed by atoms with Gasteiger partial charge < -0.3 is 5.32 Å². The van der Waals surface area contributed by atoms with Gasteiger partial charge >= 0.3 is 0 Å². The average molecular weight is 290 g/mol. The summed E-state index contributed by atoms with van der Waals surface area (Å²) in [4.78, 5) is 20.6. The summed E-state index contributed by atoms with van der Waals surface area (Å²) in [5, 5.41) is 2.73. The Balaban J connectivity index is 1.81. The first kappa shape index (κ1) is 15.9. The van der Waals surface area contributed by atoms with Gasteiger partial charge in [0, 0.05) is 32.0 Å². The molecule has 1 atom stereocenters. The van der Waals surface area contributed by atoms with Gasteiger partial charge in [-0.3, -0.25) is 19.6 Å². The molecular formula is C16H26N4O. The molecule has 0 aromatic carbocycles. The van der Waals surface area contributed by atoms with Crippen molar-refractivity contribution in [3.05, 3.63) is 30.1 Å². The molecule has 0 aliphatic carbocycles. The number of amides is 1. The third kappa shape index (κ3) is 4.25. The first-order chi connectivity index (χ1) is 10.1. The van der Waals surface area contributed by atoms with E-state index in [1.165, 1.54) is 5.56 Å². The number of carbonyl (C=O) groups is 1. The lowest BCUT2D eigenvalue weighted by Crippen LogP contribution is -2.50. The van der Waals surface area contributed by atoms with Gasteiger partial charge in [0.05, 0.1) is 6.04 Å². The molecule has 1 fully saturated rings. The zero-order valence-corrected chi connectivity index (χ0v) is 13.2. The molecule has 1 amide bonds. The Kier molecular flexibility index (Phi) is 5.70. The molecule has 0 radical (unpaired) electrons. The minimum atomic E-state index is -0.0649. The zero-order valence-electron chi connectivity index (χ0n) is 13.2. The van der Waals surface area contributed by atoms with E-state index in [2.05, 4.69) is 33.2 Å². The van der Waals surface area contributed by atoms with Crippen molar-refractivity contribution in [2.24, 2.45) is 0 Å². The highest BCUT2D eigenvalue weighted by molar-refractivity contribution is 5.80. The maximum absolute atomic E-state index is 11.7. The van der Waals surface area contributed by atoms with E-state index in [1.807, 2.05) is 25.4 Å². The molecule has 2 heterocycles. The molecule has 116 valence electrons. The van der Waals surface area contributed by atoms with Crippen molar-refractivity contribution in [1.29, 1.82) is 0 Å².